The van der Waals surface area contributed by atoms with Gasteiger partial charge >= 0.3 is 5.97 Å². The molecule has 1 saturated heterocycles. The molecule has 4 aromatic rings. The third-order valence-electron chi connectivity index (χ3n) is 6.05. The fourth-order valence-corrected chi connectivity index (χ4v) is 4.57. The predicted molar refractivity (Wildman–Crippen MR) is 128 cm³/mol. The molecular weight excluding hydrogens is 422 g/mol. The molecule has 0 aliphatic carbocycles. The maximum atomic E-state index is 11.4. The summed E-state index contributed by atoms with van der Waals surface area (Å²) in [6.45, 7) is 1.69. The monoisotopic (exact) mass is 443 g/mol. The Bertz CT molecular complexity index is 1290. The lowest BCUT2D eigenvalue weighted by molar-refractivity contribution is 0.0697. The molecule has 2 heterocycles. The van der Waals surface area contributed by atoms with Crippen molar-refractivity contribution in [3.8, 4) is 11.3 Å². The zero-order valence-electron chi connectivity index (χ0n) is 17.4. The lowest BCUT2D eigenvalue weighted by atomic mass is 9.89. The molecule has 0 unspecified atom stereocenters. The zero-order chi connectivity index (χ0) is 22.1. The van der Waals surface area contributed by atoms with Crippen LogP contribution in [0, 0.1) is 0 Å². The molecule has 0 bridgehead atoms. The molecule has 0 saturated carbocycles. The summed E-state index contributed by atoms with van der Waals surface area (Å²) in [5.41, 5.74) is 4.59. The molecule has 1 aromatic heterocycles. The number of anilines is 1. The van der Waals surface area contributed by atoms with Gasteiger partial charge in [-0.3, -0.25) is 0 Å². The molecule has 0 spiro atoms. The van der Waals surface area contributed by atoms with Crippen LogP contribution in [0.25, 0.3) is 22.3 Å². The highest BCUT2D eigenvalue weighted by Crippen LogP contribution is 2.35. The van der Waals surface area contributed by atoms with Crippen molar-refractivity contribution >= 4 is 34.4 Å². The van der Waals surface area contributed by atoms with Gasteiger partial charge in [-0.15, -0.1) is 0 Å². The van der Waals surface area contributed by atoms with Crippen LogP contribution >= 0.6 is 11.6 Å². The molecule has 160 valence electrons. The van der Waals surface area contributed by atoms with E-state index in [1.54, 1.807) is 18.2 Å². The van der Waals surface area contributed by atoms with Gasteiger partial charge in [0.2, 0.25) is 0 Å². The number of aromatic carboxylic acids is 1. The number of carboxylic acid groups (broad SMARTS) is 1. The number of nitrogens with zero attached hydrogens (tertiary/aromatic N) is 3. The third kappa shape index (κ3) is 4.04. The first-order valence-electron chi connectivity index (χ1n) is 10.7. The number of fused-ring (bicyclic) bond motifs is 1. The van der Waals surface area contributed by atoms with Crippen molar-refractivity contribution in [1.82, 2.24) is 9.97 Å². The molecule has 0 amide bonds. The van der Waals surface area contributed by atoms with Crippen molar-refractivity contribution in [1.29, 1.82) is 0 Å². The van der Waals surface area contributed by atoms with Crippen LogP contribution in [-0.2, 0) is 0 Å². The van der Waals surface area contributed by atoms with Crippen LogP contribution in [0.1, 0.15) is 34.7 Å². The quantitative estimate of drug-likeness (QED) is 0.417. The van der Waals surface area contributed by atoms with Crippen LogP contribution in [0.4, 0.5) is 5.82 Å². The van der Waals surface area contributed by atoms with Crippen molar-refractivity contribution in [2.24, 2.45) is 0 Å². The molecule has 0 atom stereocenters. The Morgan fingerprint density at radius 2 is 1.69 bits per heavy atom. The third-order valence-corrected chi connectivity index (χ3v) is 6.29. The summed E-state index contributed by atoms with van der Waals surface area (Å²) in [5.74, 6) is 0.289. The molecule has 5 nitrogen and oxygen atoms in total. The first kappa shape index (κ1) is 20.5. The highest BCUT2D eigenvalue weighted by atomic mass is 35.5. The van der Waals surface area contributed by atoms with Gasteiger partial charge in [-0.2, -0.15) is 0 Å². The van der Waals surface area contributed by atoms with Crippen molar-refractivity contribution in [2.45, 2.75) is 18.8 Å². The van der Waals surface area contributed by atoms with Crippen molar-refractivity contribution in [2.75, 3.05) is 18.0 Å². The van der Waals surface area contributed by atoms with E-state index in [-0.39, 0.29) is 5.56 Å². The molecule has 1 aliphatic rings. The summed E-state index contributed by atoms with van der Waals surface area (Å²) >= 11 is 6.20. The first-order valence-corrected chi connectivity index (χ1v) is 11.1. The second-order valence-corrected chi connectivity index (χ2v) is 8.52. The van der Waals surface area contributed by atoms with Gasteiger partial charge in [-0.1, -0.05) is 54.1 Å². The van der Waals surface area contributed by atoms with E-state index >= 15 is 0 Å². The Balaban J connectivity index is 1.52. The van der Waals surface area contributed by atoms with E-state index in [1.807, 2.05) is 42.5 Å². The minimum absolute atomic E-state index is 0.213. The number of benzene rings is 3. The second kappa shape index (κ2) is 8.60. The lowest BCUT2D eigenvalue weighted by Crippen LogP contribution is -2.34. The van der Waals surface area contributed by atoms with E-state index in [4.69, 9.17) is 21.6 Å². The largest absolute Gasteiger partial charge is 0.478 e. The molecule has 1 aliphatic heterocycles. The molecule has 5 rings (SSSR count). The van der Waals surface area contributed by atoms with Gasteiger partial charge in [-0.25, -0.2) is 14.8 Å². The Morgan fingerprint density at radius 1 is 0.906 bits per heavy atom. The Morgan fingerprint density at radius 3 is 2.41 bits per heavy atom. The predicted octanol–water partition coefficient (Wildman–Crippen LogP) is 6.03. The van der Waals surface area contributed by atoms with Gasteiger partial charge in [0.25, 0.3) is 0 Å². The fourth-order valence-electron chi connectivity index (χ4n) is 4.37. The molecule has 3 aromatic carbocycles. The number of carbonyl (C=O) groups is 1. The van der Waals surface area contributed by atoms with Gasteiger partial charge in [0.1, 0.15) is 5.69 Å². The first-order chi connectivity index (χ1) is 15.6. The SMILES string of the molecule is O=C(O)c1ccc2nc(-c3ccccc3)c(N3CCC(c4cccc(Cl)c4)CC3)nc2c1. The van der Waals surface area contributed by atoms with Gasteiger partial charge in [0.05, 0.1) is 16.6 Å². The molecule has 1 fully saturated rings. The van der Waals surface area contributed by atoms with Crippen molar-refractivity contribution < 1.29 is 9.90 Å². The van der Waals surface area contributed by atoms with E-state index in [0.29, 0.717) is 17.0 Å². The van der Waals surface area contributed by atoms with Crippen molar-refractivity contribution in [3.63, 3.8) is 0 Å². The van der Waals surface area contributed by atoms with Crippen LogP contribution in [0.5, 0.6) is 0 Å². The highest BCUT2D eigenvalue weighted by Gasteiger charge is 2.25. The zero-order valence-corrected chi connectivity index (χ0v) is 18.2. The number of carboxylic acids is 1. The smallest absolute Gasteiger partial charge is 0.335 e. The maximum absolute atomic E-state index is 11.4. The molecule has 32 heavy (non-hydrogen) atoms. The standard InChI is InChI=1S/C26H22ClN3O2/c27-21-8-4-7-19(15-21)17-11-13-30(14-12-17)25-24(18-5-2-1-3-6-18)28-22-10-9-20(26(31)32)16-23(22)29-25/h1-10,15-17H,11-14H2,(H,31,32). The van der Waals surface area contributed by atoms with E-state index in [2.05, 4.69) is 17.0 Å². The van der Waals surface area contributed by atoms with Gasteiger partial charge in [0.15, 0.2) is 5.82 Å². The normalized spacial score (nSPS) is 14.6. The maximum Gasteiger partial charge on any atom is 0.335 e. The molecular formula is C26H22ClN3O2. The van der Waals surface area contributed by atoms with Crippen molar-refractivity contribution in [3.05, 3.63) is 88.9 Å². The highest BCUT2D eigenvalue weighted by molar-refractivity contribution is 6.30. The number of hydrogen-bond acceptors (Lipinski definition) is 4. The lowest BCUT2D eigenvalue weighted by Gasteiger charge is -2.34. The summed E-state index contributed by atoms with van der Waals surface area (Å²) in [5, 5.41) is 10.2. The van der Waals surface area contributed by atoms with Gasteiger partial charge in [0, 0.05) is 23.7 Å². The number of halogens is 1. The summed E-state index contributed by atoms with van der Waals surface area (Å²) in [6.07, 6.45) is 1.98. The molecule has 1 N–H and O–H groups in total. The van der Waals surface area contributed by atoms with E-state index in [9.17, 15) is 9.90 Å². The number of piperidine rings is 1. The molecule has 0 radical (unpaired) electrons. The summed E-state index contributed by atoms with van der Waals surface area (Å²) in [6, 6.07) is 23.0. The van der Waals surface area contributed by atoms with Gasteiger partial charge in [-0.05, 0) is 54.7 Å². The average Bonchev–Trinajstić information content (AvgIpc) is 2.83. The topological polar surface area (TPSA) is 66.3 Å². The average molecular weight is 444 g/mol. The number of rotatable bonds is 4. The van der Waals surface area contributed by atoms with Crippen LogP contribution in [-0.4, -0.2) is 34.1 Å². The Hall–Kier alpha value is -3.44. The van der Waals surface area contributed by atoms with E-state index in [0.717, 1.165) is 48.0 Å². The Kier molecular flexibility index (Phi) is 5.50. The van der Waals surface area contributed by atoms with Crippen LogP contribution in [0.15, 0.2) is 72.8 Å². The van der Waals surface area contributed by atoms with Crippen LogP contribution < -0.4 is 4.90 Å². The summed E-state index contributed by atoms with van der Waals surface area (Å²) < 4.78 is 0. The van der Waals surface area contributed by atoms with Crippen LogP contribution in [0.3, 0.4) is 0 Å². The van der Waals surface area contributed by atoms with E-state index in [1.165, 1.54) is 5.56 Å². The minimum Gasteiger partial charge on any atom is -0.478 e. The summed E-state index contributed by atoms with van der Waals surface area (Å²) in [7, 11) is 0. The summed E-state index contributed by atoms with van der Waals surface area (Å²) in [4.78, 5) is 23.5. The molecule has 6 heteroatoms. The van der Waals surface area contributed by atoms with E-state index < -0.39 is 5.97 Å². The Labute approximate surface area is 191 Å². The number of hydrogen-bond donors (Lipinski definition) is 1. The number of aromatic nitrogens is 2. The van der Waals surface area contributed by atoms with Crippen LogP contribution in [0.2, 0.25) is 5.02 Å². The minimum atomic E-state index is -0.968. The second-order valence-electron chi connectivity index (χ2n) is 8.09. The fraction of sp³-hybridized carbons (Fsp3) is 0.192. The van der Waals surface area contributed by atoms with Gasteiger partial charge < -0.3 is 10.0 Å².